The summed E-state index contributed by atoms with van der Waals surface area (Å²) in [5.41, 5.74) is 1.95. The Kier molecular flexibility index (Phi) is 6.00. The number of carbonyl (C=O) groups is 3. The predicted molar refractivity (Wildman–Crippen MR) is 127 cm³/mol. The molecular weight excluding hydrogens is 494 g/mol. The molecule has 3 aromatic rings. The van der Waals surface area contributed by atoms with Gasteiger partial charge >= 0.3 is 0 Å². The van der Waals surface area contributed by atoms with Crippen molar-refractivity contribution in [3.8, 4) is 0 Å². The van der Waals surface area contributed by atoms with Crippen molar-refractivity contribution in [3.63, 3.8) is 0 Å². The number of Topliss-reactive ketones (excluding diaryl/α,β-unsaturated/α-hetero) is 2. The van der Waals surface area contributed by atoms with Crippen molar-refractivity contribution in [2.75, 3.05) is 4.90 Å². The highest BCUT2D eigenvalue weighted by molar-refractivity contribution is 9.10. The molecule has 0 radical (unpaired) electrons. The van der Waals surface area contributed by atoms with Crippen molar-refractivity contribution in [3.05, 3.63) is 105 Å². The van der Waals surface area contributed by atoms with E-state index in [1.165, 1.54) is 11.8 Å². The molecule has 4 rings (SSSR count). The average Bonchev–Trinajstić information content (AvgIpc) is 3.05. The molecule has 0 bridgehead atoms. The smallest absolute Gasteiger partial charge is 0.300 e. The molecule has 1 fully saturated rings. The zero-order valence-electron chi connectivity index (χ0n) is 16.9. The van der Waals surface area contributed by atoms with Gasteiger partial charge in [-0.3, -0.25) is 19.3 Å². The lowest BCUT2D eigenvalue weighted by Gasteiger charge is -2.25. The van der Waals surface area contributed by atoms with E-state index in [2.05, 4.69) is 15.9 Å². The maximum absolute atomic E-state index is 13.1. The van der Waals surface area contributed by atoms with Crippen LogP contribution in [0.4, 0.5) is 5.69 Å². The molecule has 3 aromatic carbocycles. The van der Waals surface area contributed by atoms with Crippen LogP contribution in [0.2, 0.25) is 5.02 Å². The van der Waals surface area contributed by atoms with E-state index in [1.807, 2.05) is 0 Å². The van der Waals surface area contributed by atoms with Gasteiger partial charge in [-0.2, -0.15) is 0 Å². The number of anilines is 1. The number of rotatable bonds is 4. The fourth-order valence-electron chi connectivity index (χ4n) is 3.68. The van der Waals surface area contributed by atoms with Crippen molar-refractivity contribution in [2.24, 2.45) is 0 Å². The minimum absolute atomic E-state index is 0.0183. The van der Waals surface area contributed by atoms with E-state index < -0.39 is 17.7 Å². The predicted octanol–water partition coefficient (Wildman–Crippen LogP) is 5.93. The lowest BCUT2D eigenvalue weighted by molar-refractivity contribution is -0.132. The van der Waals surface area contributed by atoms with Gasteiger partial charge in [-0.1, -0.05) is 39.7 Å². The molecule has 0 aliphatic carbocycles. The number of hydrogen-bond acceptors (Lipinski definition) is 4. The van der Waals surface area contributed by atoms with Crippen LogP contribution < -0.4 is 4.90 Å². The van der Waals surface area contributed by atoms with E-state index >= 15 is 0 Å². The lowest BCUT2D eigenvalue weighted by Crippen LogP contribution is -2.29. The molecule has 1 saturated heterocycles. The number of halogens is 2. The molecule has 0 aromatic heterocycles. The standard InChI is InChI=1S/C25H17BrClNO4/c1-14(29)15-6-12-20(13-7-15)28-22(16-2-8-18(26)9-3-16)21(24(31)25(28)32)23(30)17-4-10-19(27)11-5-17/h2-13,22,30H,1H3/b23-21+/t22-/m0/s1. The summed E-state index contributed by atoms with van der Waals surface area (Å²) < 4.78 is 0.835. The molecule has 1 heterocycles. The zero-order chi connectivity index (χ0) is 23.0. The Morgan fingerprint density at radius 2 is 1.47 bits per heavy atom. The van der Waals surface area contributed by atoms with Crippen LogP contribution >= 0.6 is 27.5 Å². The van der Waals surface area contributed by atoms with Crippen LogP contribution in [0.5, 0.6) is 0 Å². The summed E-state index contributed by atoms with van der Waals surface area (Å²) >= 11 is 9.34. The number of benzene rings is 3. The molecule has 1 atom stereocenters. The van der Waals surface area contributed by atoms with Crippen molar-refractivity contribution in [1.29, 1.82) is 0 Å². The summed E-state index contributed by atoms with van der Waals surface area (Å²) in [5.74, 6) is -1.94. The summed E-state index contributed by atoms with van der Waals surface area (Å²) in [4.78, 5) is 39.2. The van der Waals surface area contributed by atoms with E-state index in [0.29, 0.717) is 27.4 Å². The lowest BCUT2D eigenvalue weighted by atomic mass is 9.95. The zero-order valence-corrected chi connectivity index (χ0v) is 19.2. The van der Waals surface area contributed by atoms with Crippen LogP contribution in [0.1, 0.15) is 34.5 Å². The number of hydrogen-bond donors (Lipinski definition) is 1. The first-order valence-corrected chi connectivity index (χ1v) is 10.9. The second kappa shape index (κ2) is 8.73. The van der Waals surface area contributed by atoms with Gasteiger partial charge in [0.1, 0.15) is 5.76 Å². The summed E-state index contributed by atoms with van der Waals surface area (Å²) in [6, 6.07) is 19.2. The summed E-state index contributed by atoms with van der Waals surface area (Å²) in [6.45, 7) is 1.45. The number of aliphatic hydroxyl groups excluding tert-OH is 1. The van der Waals surface area contributed by atoms with Crippen LogP contribution in [0.15, 0.2) is 82.8 Å². The Morgan fingerprint density at radius 1 is 0.906 bits per heavy atom. The highest BCUT2D eigenvalue weighted by Crippen LogP contribution is 2.42. The van der Waals surface area contributed by atoms with E-state index in [-0.39, 0.29) is 17.1 Å². The summed E-state index contributed by atoms with van der Waals surface area (Å²) in [5, 5.41) is 11.5. The maximum atomic E-state index is 13.1. The van der Waals surface area contributed by atoms with Crippen LogP contribution in [0.3, 0.4) is 0 Å². The van der Waals surface area contributed by atoms with Gasteiger partial charge in [0.25, 0.3) is 11.7 Å². The molecule has 0 spiro atoms. The van der Waals surface area contributed by atoms with Gasteiger partial charge < -0.3 is 5.11 Å². The van der Waals surface area contributed by atoms with E-state index in [9.17, 15) is 19.5 Å². The van der Waals surface area contributed by atoms with Gasteiger partial charge in [0.05, 0.1) is 11.6 Å². The molecule has 1 N–H and O–H groups in total. The fourth-order valence-corrected chi connectivity index (χ4v) is 4.07. The SMILES string of the molecule is CC(=O)c1ccc(N2C(=O)C(=O)/C(=C(/O)c3ccc(Cl)cc3)[C@@H]2c2ccc(Br)cc2)cc1. The maximum Gasteiger partial charge on any atom is 0.300 e. The third kappa shape index (κ3) is 3.99. The fraction of sp³-hybridized carbons (Fsp3) is 0.0800. The Bertz CT molecular complexity index is 1250. The molecular formula is C25H17BrClNO4. The molecule has 7 heteroatoms. The van der Waals surface area contributed by atoms with Gasteiger partial charge in [0.2, 0.25) is 0 Å². The van der Waals surface area contributed by atoms with E-state index in [4.69, 9.17) is 11.6 Å². The van der Waals surface area contributed by atoms with E-state index in [0.717, 1.165) is 4.47 Å². The minimum Gasteiger partial charge on any atom is -0.507 e. The Morgan fingerprint density at radius 3 is 2.03 bits per heavy atom. The number of carbonyl (C=O) groups excluding carboxylic acids is 3. The topological polar surface area (TPSA) is 74.7 Å². The first kappa shape index (κ1) is 22.0. The molecule has 160 valence electrons. The normalized spacial score (nSPS) is 17.6. The van der Waals surface area contributed by atoms with Gasteiger partial charge in [-0.15, -0.1) is 0 Å². The quantitative estimate of drug-likeness (QED) is 0.204. The molecule has 32 heavy (non-hydrogen) atoms. The largest absolute Gasteiger partial charge is 0.507 e. The molecule has 1 aliphatic heterocycles. The first-order chi connectivity index (χ1) is 15.3. The van der Waals surface area contributed by atoms with Crippen LogP contribution in [0.25, 0.3) is 5.76 Å². The van der Waals surface area contributed by atoms with Crippen LogP contribution in [-0.4, -0.2) is 22.6 Å². The second-order valence-corrected chi connectivity index (χ2v) is 8.68. The molecule has 1 aliphatic rings. The van der Waals surface area contributed by atoms with Crippen molar-refractivity contribution in [1.82, 2.24) is 0 Å². The Balaban J connectivity index is 1.91. The second-order valence-electron chi connectivity index (χ2n) is 7.33. The number of amides is 1. The molecule has 1 amide bonds. The minimum atomic E-state index is -0.845. The Labute approximate surface area is 198 Å². The van der Waals surface area contributed by atoms with Gasteiger partial charge in [-0.25, -0.2) is 0 Å². The van der Waals surface area contributed by atoms with Crippen LogP contribution in [0, 0.1) is 0 Å². The van der Waals surface area contributed by atoms with Crippen molar-refractivity contribution in [2.45, 2.75) is 13.0 Å². The molecule has 0 saturated carbocycles. The third-order valence-electron chi connectivity index (χ3n) is 5.30. The molecule has 0 unspecified atom stereocenters. The Hall–Kier alpha value is -3.22. The third-order valence-corrected chi connectivity index (χ3v) is 6.08. The first-order valence-electron chi connectivity index (χ1n) is 9.71. The summed E-state index contributed by atoms with van der Waals surface area (Å²) in [6.07, 6.45) is 0. The monoisotopic (exact) mass is 509 g/mol. The number of nitrogens with zero attached hydrogens (tertiary/aromatic N) is 1. The number of aliphatic hydroxyl groups is 1. The van der Waals surface area contributed by atoms with E-state index in [1.54, 1.807) is 72.8 Å². The highest BCUT2D eigenvalue weighted by atomic mass is 79.9. The van der Waals surface area contributed by atoms with Gasteiger partial charge in [0.15, 0.2) is 5.78 Å². The molecule has 5 nitrogen and oxygen atoms in total. The van der Waals surface area contributed by atoms with Crippen molar-refractivity contribution < 1.29 is 19.5 Å². The average molecular weight is 511 g/mol. The highest BCUT2D eigenvalue weighted by Gasteiger charge is 2.46. The van der Waals surface area contributed by atoms with Gasteiger partial charge in [0, 0.05) is 26.3 Å². The van der Waals surface area contributed by atoms with Crippen LogP contribution in [-0.2, 0) is 9.59 Å². The summed E-state index contributed by atoms with van der Waals surface area (Å²) in [7, 11) is 0. The van der Waals surface area contributed by atoms with Gasteiger partial charge in [-0.05, 0) is 73.2 Å². The van der Waals surface area contributed by atoms with Crippen molar-refractivity contribution >= 4 is 56.5 Å². The number of ketones is 2.